The maximum atomic E-state index is 11.7. The second-order valence-corrected chi connectivity index (χ2v) is 4.46. The van der Waals surface area contributed by atoms with Crippen molar-refractivity contribution in [2.75, 3.05) is 13.7 Å². The fraction of sp³-hybridized carbons (Fsp3) is 0.118. The molecule has 1 amide bonds. The third kappa shape index (κ3) is 4.86. The first kappa shape index (κ1) is 16.0. The molecule has 116 valence electrons. The Kier molecular flexibility index (Phi) is 5.72. The Labute approximate surface area is 134 Å². The molecule has 0 aliphatic carbocycles. The molecule has 0 saturated heterocycles. The zero-order valence-corrected chi connectivity index (χ0v) is 12.5. The summed E-state index contributed by atoms with van der Waals surface area (Å²) >= 11 is 0. The van der Waals surface area contributed by atoms with Gasteiger partial charge in [-0.1, -0.05) is 12.1 Å². The first-order valence-electron chi connectivity index (χ1n) is 6.81. The van der Waals surface area contributed by atoms with E-state index in [9.17, 15) is 4.79 Å². The zero-order chi connectivity index (χ0) is 16.5. The van der Waals surface area contributed by atoms with Crippen molar-refractivity contribution in [1.29, 1.82) is 5.26 Å². The van der Waals surface area contributed by atoms with Gasteiger partial charge in [0.2, 0.25) is 0 Å². The fourth-order valence-corrected chi connectivity index (χ4v) is 1.73. The number of hydrogen-bond donors (Lipinski definition) is 1. The summed E-state index contributed by atoms with van der Waals surface area (Å²) in [5, 5.41) is 12.8. The molecule has 0 spiro atoms. The van der Waals surface area contributed by atoms with Crippen LogP contribution in [0.4, 0.5) is 0 Å². The number of carbonyl (C=O) groups is 1. The van der Waals surface area contributed by atoms with Gasteiger partial charge in [0.25, 0.3) is 5.91 Å². The number of hydrazone groups is 1. The molecule has 2 rings (SSSR count). The first-order chi connectivity index (χ1) is 11.2. The lowest BCUT2D eigenvalue weighted by Gasteiger charge is -2.06. The van der Waals surface area contributed by atoms with Crippen molar-refractivity contribution >= 4 is 12.1 Å². The zero-order valence-electron chi connectivity index (χ0n) is 12.5. The lowest BCUT2D eigenvalue weighted by molar-refractivity contribution is -0.123. The van der Waals surface area contributed by atoms with Crippen LogP contribution >= 0.6 is 0 Å². The van der Waals surface area contributed by atoms with Crippen LogP contribution in [0, 0.1) is 11.3 Å². The third-order valence-electron chi connectivity index (χ3n) is 2.88. The van der Waals surface area contributed by atoms with Gasteiger partial charge in [-0.15, -0.1) is 0 Å². The molecule has 0 atom stereocenters. The van der Waals surface area contributed by atoms with Gasteiger partial charge in [0.05, 0.1) is 18.9 Å². The van der Waals surface area contributed by atoms with Crippen LogP contribution in [0.2, 0.25) is 0 Å². The van der Waals surface area contributed by atoms with Crippen molar-refractivity contribution in [3.63, 3.8) is 0 Å². The van der Waals surface area contributed by atoms with Crippen molar-refractivity contribution in [2.45, 2.75) is 0 Å². The number of para-hydroxylation sites is 1. The van der Waals surface area contributed by atoms with E-state index in [0.717, 1.165) is 11.3 Å². The maximum Gasteiger partial charge on any atom is 0.277 e. The molecule has 23 heavy (non-hydrogen) atoms. The largest absolute Gasteiger partial charge is 0.497 e. The van der Waals surface area contributed by atoms with E-state index in [1.54, 1.807) is 43.5 Å². The van der Waals surface area contributed by atoms with Gasteiger partial charge in [-0.2, -0.15) is 10.4 Å². The Bertz CT molecular complexity index is 733. The van der Waals surface area contributed by atoms with Crippen LogP contribution in [0.5, 0.6) is 11.5 Å². The number of hydrogen-bond acceptors (Lipinski definition) is 5. The smallest absolute Gasteiger partial charge is 0.277 e. The fourth-order valence-electron chi connectivity index (χ4n) is 1.73. The standard InChI is InChI=1S/C17H15N3O3/c1-22-15-8-6-13(7-9-15)11-19-20-17(21)12-23-16-5-3-2-4-14(16)10-18/h2-9,11H,12H2,1H3,(H,20,21)/b19-11+. The van der Waals surface area contributed by atoms with Gasteiger partial charge in [0.1, 0.15) is 17.6 Å². The van der Waals surface area contributed by atoms with Gasteiger partial charge >= 0.3 is 0 Å². The van der Waals surface area contributed by atoms with Gasteiger partial charge in [-0.25, -0.2) is 5.43 Å². The van der Waals surface area contributed by atoms with Gasteiger partial charge in [-0.05, 0) is 42.0 Å². The second-order valence-electron chi connectivity index (χ2n) is 4.46. The summed E-state index contributed by atoms with van der Waals surface area (Å²) in [6, 6.07) is 15.9. The molecular weight excluding hydrogens is 294 g/mol. The molecule has 2 aromatic carbocycles. The number of ether oxygens (including phenoxy) is 2. The van der Waals surface area contributed by atoms with Gasteiger partial charge in [0.15, 0.2) is 6.61 Å². The average molecular weight is 309 g/mol. The minimum Gasteiger partial charge on any atom is -0.497 e. The minimum absolute atomic E-state index is 0.224. The molecule has 6 heteroatoms. The van der Waals surface area contributed by atoms with Crippen LogP contribution in [-0.2, 0) is 4.79 Å². The molecule has 0 bridgehead atoms. The quantitative estimate of drug-likeness (QED) is 0.654. The number of benzene rings is 2. The Hall–Kier alpha value is -3.33. The second kappa shape index (κ2) is 8.20. The Morgan fingerprint density at radius 1 is 1.26 bits per heavy atom. The summed E-state index contributed by atoms with van der Waals surface area (Å²) in [5.41, 5.74) is 3.56. The Morgan fingerprint density at radius 2 is 2.00 bits per heavy atom. The molecule has 0 saturated carbocycles. The van der Waals surface area contributed by atoms with E-state index in [-0.39, 0.29) is 6.61 Å². The number of amides is 1. The maximum absolute atomic E-state index is 11.7. The molecule has 0 aliphatic heterocycles. The number of methoxy groups -OCH3 is 1. The highest BCUT2D eigenvalue weighted by Crippen LogP contribution is 2.16. The SMILES string of the molecule is COc1ccc(/C=N/NC(=O)COc2ccccc2C#N)cc1. The van der Waals surface area contributed by atoms with Crippen molar-refractivity contribution in [2.24, 2.45) is 5.10 Å². The van der Waals surface area contributed by atoms with E-state index < -0.39 is 5.91 Å². The lowest BCUT2D eigenvalue weighted by atomic mass is 10.2. The average Bonchev–Trinajstić information content (AvgIpc) is 2.60. The Balaban J connectivity index is 1.83. The number of nitriles is 1. The highest BCUT2D eigenvalue weighted by atomic mass is 16.5. The predicted molar refractivity (Wildman–Crippen MR) is 85.4 cm³/mol. The normalized spacial score (nSPS) is 10.1. The van der Waals surface area contributed by atoms with Crippen LogP contribution in [0.3, 0.4) is 0 Å². The summed E-state index contributed by atoms with van der Waals surface area (Å²) in [7, 11) is 1.59. The number of carbonyl (C=O) groups excluding carboxylic acids is 1. The number of nitrogens with zero attached hydrogens (tertiary/aromatic N) is 2. The summed E-state index contributed by atoms with van der Waals surface area (Å²) < 4.78 is 10.3. The molecule has 0 aromatic heterocycles. The van der Waals surface area contributed by atoms with E-state index in [2.05, 4.69) is 10.5 Å². The van der Waals surface area contributed by atoms with Crippen LogP contribution in [0.15, 0.2) is 53.6 Å². The van der Waals surface area contributed by atoms with E-state index in [4.69, 9.17) is 14.7 Å². The van der Waals surface area contributed by atoms with Crippen molar-refractivity contribution in [3.05, 3.63) is 59.7 Å². The predicted octanol–water partition coefficient (Wildman–Crippen LogP) is 2.10. The van der Waals surface area contributed by atoms with Crippen LogP contribution in [-0.4, -0.2) is 25.8 Å². The first-order valence-corrected chi connectivity index (χ1v) is 6.81. The summed E-state index contributed by atoms with van der Waals surface area (Å²) in [4.78, 5) is 11.7. The molecule has 0 unspecified atom stereocenters. The lowest BCUT2D eigenvalue weighted by Crippen LogP contribution is -2.24. The molecule has 0 aliphatic rings. The highest BCUT2D eigenvalue weighted by molar-refractivity contribution is 5.83. The Morgan fingerprint density at radius 3 is 2.70 bits per heavy atom. The highest BCUT2D eigenvalue weighted by Gasteiger charge is 2.05. The topological polar surface area (TPSA) is 83.7 Å². The number of nitrogens with one attached hydrogen (secondary N) is 1. The minimum atomic E-state index is -0.414. The van der Waals surface area contributed by atoms with Crippen molar-refractivity contribution < 1.29 is 14.3 Å². The van der Waals surface area contributed by atoms with Crippen LogP contribution in [0.1, 0.15) is 11.1 Å². The molecule has 6 nitrogen and oxygen atoms in total. The molecule has 0 radical (unpaired) electrons. The third-order valence-corrected chi connectivity index (χ3v) is 2.88. The van der Waals surface area contributed by atoms with Crippen molar-refractivity contribution in [1.82, 2.24) is 5.43 Å². The molecule has 1 N–H and O–H groups in total. The molecule has 0 fully saturated rings. The van der Waals surface area contributed by atoms with Gasteiger partial charge in [0, 0.05) is 0 Å². The monoisotopic (exact) mass is 309 g/mol. The number of rotatable bonds is 6. The summed E-state index contributed by atoms with van der Waals surface area (Å²) in [6.07, 6.45) is 1.51. The molecule has 0 heterocycles. The van der Waals surface area contributed by atoms with Gasteiger partial charge < -0.3 is 9.47 Å². The molecular formula is C17H15N3O3. The van der Waals surface area contributed by atoms with Gasteiger partial charge in [-0.3, -0.25) is 4.79 Å². The van der Waals surface area contributed by atoms with Crippen LogP contribution < -0.4 is 14.9 Å². The summed E-state index contributed by atoms with van der Waals surface area (Å²) in [6.45, 7) is -0.224. The van der Waals surface area contributed by atoms with E-state index in [1.807, 2.05) is 18.2 Å². The van der Waals surface area contributed by atoms with E-state index >= 15 is 0 Å². The molecule has 2 aromatic rings. The summed E-state index contributed by atoms with van der Waals surface area (Å²) in [5.74, 6) is 0.697. The van der Waals surface area contributed by atoms with Crippen LogP contribution in [0.25, 0.3) is 0 Å². The van der Waals surface area contributed by atoms with Crippen molar-refractivity contribution in [3.8, 4) is 17.6 Å². The van der Waals surface area contributed by atoms with E-state index in [0.29, 0.717) is 11.3 Å². The van der Waals surface area contributed by atoms with E-state index in [1.165, 1.54) is 6.21 Å².